The van der Waals surface area contributed by atoms with Gasteiger partial charge in [0.25, 0.3) is 5.91 Å². The Labute approximate surface area is 135 Å². The van der Waals surface area contributed by atoms with E-state index < -0.39 is 0 Å². The van der Waals surface area contributed by atoms with E-state index in [1.807, 2.05) is 0 Å². The van der Waals surface area contributed by atoms with Gasteiger partial charge in [-0.15, -0.1) is 0 Å². The minimum atomic E-state index is -0.261. The SMILES string of the molecule is O=C(COc1ccc(Cl)cc1)Nc1ccc(Cl)cc1Br. The number of hydrogen-bond donors (Lipinski definition) is 1. The van der Waals surface area contributed by atoms with Gasteiger partial charge in [-0.1, -0.05) is 23.2 Å². The zero-order valence-corrected chi connectivity index (χ0v) is 13.3. The molecule has 0 spiro atoms. The van der Waals surface area contributed by atoms with Crippen LogP contribution in [-0.2, 0) is 4.79 Å². The lowest BCUT2D eigenvalue weighted by Crippen LogP contribution is -2.20. The summed E-state index contributed by atoms with van der Waals surface area (Å²) >= 11 is 14.9. The fourth-order valence-corrected chi connectivity index (χ4v) is 2.36. The molecule has 0 aliphatic heterocycles. The van der Waals surface area contributed by atoms with Gasteiger partial charge in [0.05, 0.1) is 5.69 Å². The zero-order chi connectivity index (χ0) is 14.5. The summed E-state index contributed by atoms with van der Waals surface area (Å²) in [5.41, 5.74) is 0.638. The first kappa shape index (κ1) is 15.2. The van der Waals surface area contributed by atoms with Crippen LogP contribution in [0.1, 0.15) is 0 Å². The fourth-order valence-electron chi connectivity index (χ4n) is 1.46. The van der Waals surface area contributed by atoms with Crippen molar-refractivity contribution in [1.29, 1.82) is 0 Å². The lowest BCUT2D eigenvalue weighted by molar-refractivity contribution is -0.118. The third-order valence-corrected chi connectivity index (χ3v) is 3.53. The quantitative estimate of drug-likeness (QED) is 0.836. The number of hydrogen-bond acceptors (Lipinski definition) is 2. The van der Waals surface area contributed by atoms with Crippen molar-refractivity contribution < 1.29 is 9.53 Å². The number of halogens is 3. The smallest absolute Gasteiger partial charge is 0.262 e. The third kappa shape index (κ3) is 4.40. The van der Waals surface area contributed by atoms with Gasteiger partial charge >= 0.3 is 0 Å². The van der Waals surface area contributed by atoms with Crippen LogP contribution >= 0.6 is 39.1 Å². The molecular formula is C14H10BrCl2NO2. The minimum absolute atomic E-state index is 0.0866. The number of benzene rings is 2. The summed E-state index contributed by atoms with van der Waals surface area (Å²) in [4.78, 5) is 11.8. The van der Waals surface area contributed by atoms with Crippen LogP contribution in [0.25, 0.3) is 0 Å². The van der Waals surface area contributed by atoms with Crippen LogP contribution in [0.15, 0.2) is 46.9 Å². The summed E-state index contributed by atoms with van der Waals surface area (Å²) in [6, 6.07) is 11.9. The lowest BCUT2D eigenvalue weighted by Gasteiger charge is -2.09. The Kier molecular flexibility index (Phi) is 5.29. The topological polar surface area (TPSA) is 38.3 Å². The van der Waals surface area contributed by atoms with E-state index in [1.54, 1.807) is 42.5 Å². The van der Waals surface area contributed by atoms with Gasteiger partial charge in [0.2, 0.25) is 0 Å². The van der Waals surface area contributed by atoms with Gasteiger partial charge in [0.15, 0.2) is 6.61 Å². The van der Waals surface area contributed by atoms with Crippen molar-refractivity contribution in [2.45, 2.75) is 0 Å². The van der Waals surface area contributed by atoms with Crippen LogP contribution in [0, 0.1) is 0 Å². The van der Waals surface area contributed by atoms with E-state index in [9.17, 15) is 4.79 Å². The average molecular weight is 375 g/mol. The number of ether oxygens (including phenoxy) is 1. The number of carbonyl (C=O) groups is 1. The van der Waals surface area contributed by atoms with Crippen molar-refractivity contribution >= 4 is 50.7 Å². The van der Waals surface area contributed by atoms with Crippen molar-refractivity contribution in [3.05, 3.63) is 57.0 Å². The van der Waals surface area contributed by atoms with E-state index in [1.165, 1.54) is 0 Å². The minimum Gasteiger partial charge on any atom is -0.484 e. The molecule has 20 heavy (non-hydrogen) atoms. The summed E-state index contributed by atoms with van der Waals surface area (Å²) < 4.78 is 6.06. The monoisotopic (exact) mass is 373 g/mol. The molecule has 2 aromatic rings. The molecule has 0 fully saturated rings. The number of rotatable bonds is 4. The molecule has 2 rings (SSSR count). The molecule has 0 aliphatic carbocycles. The Morgan fingerprint density at radius 3 is 2.40 bits per heavy atom. The third-order valence-electron chi connectivity index (χ3n) is 2.39. The molecule has 0 unspecified atom stereocenters. The van der Waals surface area contributed by atoms with Gasteiger partial charge in [0.1, 0.15) is 5.75 Å². The maximum atomic E-state index is 11.8. The predicted molar refractivity (Wildman–Crippen MR) is 84.7 cm³/mol. The van der Waals surface area contributed by atoms with Crippen molar-refractivity contribution in [1.82, 2.24) is 0 Å². The summed E-state index contributed by atoms with van der Waals surface area (Å²) in [5, 5.41) is 3.93. The van der Waals surface area contributed by atoms with E-state index in [2.05, 4.69) is 21.2 Å². The van der Waals surface area contributed by atoms with Gasteiger partial charge in [-0.3, -0.25) is 4.79 Å². The molecule has 0 heterocycles. The maximum absolute atomic E-state index is 11.8. The van der Waals surface area contributed by atoms with E-state index in [0.717, 1.165) is 0 Å². The van der Waals surface area contributed by atoms with Crippen LogP contribution in [0.2, 0.25) is 10.0 Å². The fraction of sp³-hybridized carbons (Fsp3) is 0.0714. The summed E-state index contributed by atoms with van der Waals surface area (Å²) in [5.74, 6) is 0.322. The van der Waals surface area contributed by atoms with E-state index in [-0.39, 0.29) is 12.5 Å². The summed E-state index contributed by atoms with van der Waals surface area (Å²) in [6.45, 7) is -0.0866. The molecule has 0 aromatic heterocycles. The van der Waals surface area contributed by atoms with Crippen LogP contribution in [0.5, 0.6) is 5.75 Å². The Morgan fingerprint density at radius 2 is 1.75 bits per heavy atom. The Balaban J connectivity index is 1.90. The summed E-state index contributed by atoms with van der Waals surface area (Å²) in [7, 11) is 0. The highest BCUT2D eigenvalue weighted by molar-refractivity contribution is 9.10. The van der Waals surface area contributed by atoms with Crippen molar-refractivity contribution in [2.24, 2.45) is 0 Å². The zero-order valence-electron chi connectivity index (χ0n) is 10.2. The number of amides is 1. The first-order valence-corrected chi connectivity index (χ1v) is 7.23. The van der Waals surface area contributed by atoms with Crippen LogP contribution < -0.4 is 10.1 Å². The molecule has 0 atom stereocenters. The highest BCUT2D eigenvalue weighted by Crippen LogP contribution is 2.25. The molecule has 1 amide bonds. The van der Waals surface area contributed by atoms with Gasteiger partial charge in [0, 0.05) is 14.5 Å². The second kappa shape index (κ2) is 6.97. The van der Waals surface area contributed by atoms with Crippen molar-refractivity contribution in [3.63, 3.8) is 0 Å². The maximum Gasteiger partial charge on any atom is 0.262 e. The molecule has 104 valence electrons. The molecule has 0 saturated carbocycles. The number of carbonyl (C=O) groups excluding carboxylic acids is 1. The Morgan fingerprint density at radius 1 is 1.10 bits per heavy atom. The average Bonchev–Trinajstić information content (AvgIpc) is 2.41. The molecule has 6 heteroatoms. The van der Waals surface area contributed by atoms with Gasteiger partial charge in [-0.05, 0) is 58.4 Å². The second-order valence-corrected chi connectivity index (χ2v) is 5.64. The van der Waals surface area contributed by atoms with E-state index in [4.69, 9.17) is 27.9 Å². The van der Waals surface area contributed by atoms with E-state index in [0.29, 0.717) is 26.0 Å². The second-order valence-electron chi connectivity index (χ2n) is 3.91. The number of anilines is 1. The Bertz CT molecular complexity index is 617. The van der Waals surface area contributed by atoms with Crippen LogP contribution in [0.4, 0.5) is 5.69 Å². The van der Waals surface area contributed by atoms with Gasteiger partial charge < -0.3 is 10.1 Å². The Hall–Kier alpha value is -1.23. The normalized spacial score (nSPS) is 10.2. The molecule has 1 N–H and O–H groups in total. The van der Waals surface area contributed by atoms with Crippen LogP contribution in [-0.4, -0.2) is 12.5 Å². The standard InChI is InChI=1S/C14H10BrCl2NO2/c15-12-7-10(17)3-6-13(12)18-14(19)8-20-11-4-1-9(16)2-5-11/h1-7H,8H2,(H,18,19). The first-order chi connectivity index (χ1) is 9.54. The highest BCUT2D eigenvalue weighted by atomic mass is 79.9. The largest absolute Gasteiger partial charge is 0.484 e. The van der Waals surface area contributed by atoms with Crippen molar-refractivity contribution in [2.75, 3.05) is 11.9 Å². The summed E-state index contributed by atoms with van der Waals surface area (Å²) in [6.07, 6.45) is 0. The molecule has 0 bridgehead atoms. The highest BCUT2D eigenvalue weighted by Gasteiger charge is 2.07. The first-order valence-electron chi connectivity index (χ1n) is 5.68. The molecule has 0 aliphatic rings. The lowest BCUT2D eigenvalue weighted by atomic mass is 10.3. The molecular weight excluding hydrogens is 365 g/mol. The predicted octanol–water partition coefficient (Wildman–Crippen LogP) is 4.77. The van der Waals surface area contributed by atoms with Gasteiger partial charge in [-0.2, -0.15) is 0 Å². The van der Waals surface area contributed by atoms with Gasteiger partial charge in [-0.25, -0.2) is 0 Å². The van der Waals surface area contributed by atoms with Crippen molar-refractivity contribution in [3.8, 4) is 5.75 Å². The molecule has 0 saturated heterocycles. The molecule has 2 aromatic carbocycles. The van der Waals surface area contributed by atoms with Crippen LogP contribution in [0.3, 0.4) is 0 Å². The van der Waals surface area contributed by atoms with E-state index >= 15 is 0 Å². The molecule has 3 nitrogen and oxygen atoms in total. The number of nitrogens with one attached hydrogen (secondary N) is 1. The molecule has 0 radical (unpaired) electrons.